The van der Waals surface area contributed by atoms with Gasteiger partial charge < -0.3 is 20.9 Å². The van der Waals surface area contributed by atoms with Gasteiger partial charge in [0.25, 0.3) is 0 Å². The van der Waals surface area contributed by atoms with Crippen LogP contribution in [0.5, 0.6) is 0 Å². The first-order chi connectivity index (χ1) is 24.3. The number of rotatable bonds is 4. The molecule has 0 fully saturated rings. The summed E-state index contributed by atoms with van der Waals surface area (Å²) in [7, 11) is 0. The Morgan fingerprint density at radius 2 is 1.45 bits per heavy atom. The Bertz CT molecular complexity index is 2400. The van der Waals surface area contributed by atoms with E-state index in [-0.39, 0.29) is 18.2 Å². The molecule has 6 aromatic rings. The molecule has 3 unspecified atom stereocenters. The van der Waals surface area contributed by atoms with E-state index in [1.54, 1.807) is 0 Å². The molecule has 0 bridgehead atoms. The SMILES string of the molecule is C1=CNC(C2Nc3ccccc3N2c2ccc(-c3cccc(C4=C5C=Cc6ccccc6C5Nc5c4ccc4ccccc54)c3)cc2)C=C1. The van der Waals surface area contributed by atoms with Gasteiger partial charge in [-0.1, -0.05) is 127 Å². The van der Waals surface area contributed by atoms with Crippen LogP contribution in [0.1, 0.15) is 28.3 Å². The van der Waals surface area contributed by atoms with Crippen molar-refractivity contribution in [2.24, 2.45) is 0 Å². The lowest BCUT2D eigenvalue weighted by Crippen LogP contribution is -2.48. The van der Waals surface area contributed by atoms with Crippen molar-refractivity contribution in [3.05, 3.63) is 192 Å². The molecule has 1 aliphatic carbocycles. The van der Waals surface area contributed by atoms with E-state index in [0.29, 0.717) is 0 Å². The minimum atomic E-state index is 0.0545. The van der Waals surface area contributed by atoms with Crippen LogP contribution in [0.4, 0.5) is 22.7 Å². The fraction of sp³-hybridized carbons (Fsp3) is 0.0667. The van der Waals surface area contributed by atoms with E-state index in [2.05, 4.69) is 179 Å². The molecule has 0 radical (unpaired) electrons. The lowest BCUT2D eigenvalue weighted by atomic mass is 9.78. The van der Waals surface area contributed by atoms with E-state index in [4.69, 9.17) is 0 Å². The summed E-state index contributed by atoms with van der Waals surface area (Å²) in [6.07, 6.45) is 13.0. The van der Waals surface area contributed by atoms with Crippen molar-refractivity contribution in [1.82, 2.24) is 5.32 Å². The summed E-state index contributed by atoms with van der Waals surface area (Å²) in [6, 6.07) is 48.9. The Balaban J connectivity index is 1.06. The Kier molecular flexibility index (Phi) is 6.34. The fourth-order valence-corrected chi connectivity index (χ4v) is 8.07. The van der Waals surface area contributed by atoms with Crippen LogP contribution in [0, 0.1) is 0 Å². The van der Waals surface area contributed by atoms with Gasteiger partial charge in [0, 0.05) is 16.6 Å². The molecule has 4 nitrogen and oxygen atoms in total. The average molecular weight is 631 g/mol. The molecule has 4 heteroatoms. The van der Waals surface area contributed by atoms with Crippen LogP contribution >= 0.6 is 0 Å². The van der Waals surface area contributed by atoms with Gasteiger partial charge in [-0.2, -0.15) is 0 Å². The van der Waals surface area contributed by atoms with Crippen LogP contribution < -0.4 is 20.9 Å². The molecule has 3 heterocycles. The van der Waals surface area contributed by atoms with Crippen molar-refractivity contribution in [2.45, 2.75) is 18.2 Å². The molecule has 234 valence electrons. The second-order valence-corrected chi connectivity index (χ2v) is 13.1. The van der Waals surface area contributed by atoms with Crippen molar-refractivity contribution >= 4 is 45.2 Å². The van der Waals surface area contributed by atoms with Crippen molar-refractivity contribution < 1.29 is 0 Å². The summed E-state index contributed by atoms with van der Waals surface area (Å²) in [5, 5.41) is 13.8. The summed E-state index contributed by atoms with van der Waals surface area (Å²) in [4.78, 5) is 2.41. The van der Waals surface area contributed by atoms with Crippen molar-refractivity contribution in [1.29, 1.82) is 0 Å². The van der Waals surface area contributed by atoms with E-state index in [9.17, 15) is 0 Å². The molecular formula is C45H34N4. The number of anilines is 4. The molecule has 10 rings (SSSR count). The predicted octanol–water partition coefficient (Wildman–Crippen LogP) is 10.4. The predicted molar refractivity (Wildman–Crippen MR) is 205 cm³/mol. The van der Waals surface area contributed by atoms with Crippen LogP contribution in [-0.2, 0) is 0 Å². The second-order valence-electron chi connectivity index (χ2n) is 13.1. The molecule has 0 saturated heterocycles. The molecular weight excluding hydrogens is 597 g/mol. The lowest BCUT2D eigenvalue weighted by molar-refractivity contribution is 0.591. The maximum Gasteiger partial charge on any atom is 0.128 e. The largest absolute Gasteiger partial charge is 0.381 e. The van der Waals surface area contributed by atoms with Crippen LogP contribution in [0.2, 0.25) is 0 Å². The van der Waals surface area contributed by atoms with Gasteiger partial charge in [0.15, 0.2) is 0 Å². The van der Waals surface area contributed by atoms with E-state index in [1.165, 1.54) is 66.7 Å². The van der Waals surface area contributed by atoms with E-state index in [0.717, 1.165) is 11.4 Å². The lowest BCUT2D eigenvalue weighted by Gasteiger charge is -2.35. The summed E-state index contributed by atoms with van der Waals surface area (Å²) < 4.78 is 0. The molecule has 0 aromatic heterocycles. The van der Waals surface area contributed by atoms with E-state index >= 15 is 0 Å². The average Bonchev–Trinajstić information content (AvgIpc) is 3.57. The third-order valence-electron chi connectivity index (χ3n) is 10.4. The third-order valence-corrected chi connectivity index (χ3v) is 10.4. The normalized spacial score (nSPS) is 19.8. The first kappa shape index (κ1) is 27.8. The summed E-state index contributed by atoms with van der Waals surface area (Å²) in [5.74, 6) is 0. The summed E-state index contributed by atoms with van der Waals surface area (Å²) >= 11 is 0. The second kappa shape index (κ2) is 11.2. The fourth-order valence-electron chi connectivity index (χ4n) is 8.07. The topological polar surface area (TPSA) is 39.3 Å². The zero-order chi connectivity index (χ0) is 32.3. The maximum atomic E-state index is 3.98. The zero-order valence-corrected chi connectivity index (χ0v) is 26.8. The van der Waals surface area contributed by atoms with Gasteiger partial charge in [-0.3, -0.25) is 0 Å². The van der Waals surface area contributed by atoms with E-state index < -0.39 is 0 Å². The number of dihydropyridines is 1. The number of hydrogen-bond acceptors (Lipinski definition) is 4. The van der Waals surface area contributed by atoms with Crippen LogP contribution in [0.15, 0.2) is 170 Å². The number of benzene rings is 6. The molecule has 0 saturated carbocycles. The molecule has 3 N–H and O–H groups in total. The number of para-hydroxylation sites is 2. The molecule has 0 amide bonds. The number of hydrogen-bond donors (Lipinski definition) is 3. The van der Waals surface area contributed by atoms with Crippen LogP contribution in [-0.4, -0.2) is 12.2 Å². The first-order valence-electron chi connectivity index (χ1n) is 17.1. The quantitative estimate of drug-likeness (QED) is 0.181. The molecule has 3 atom stereocenters. The Morgan fingerprint density at radius 1 is 0.612 bits per heavy atom. The minimum Gasteiger partial charge on any atom is -0.381 e. The summed E-state index contributed by atoms with van der Waals surface area (Å²) in [6.45, 7) is 0. The Hall–Kier alpha value is -6.26. The standard InChI is InChI=1S/C45H34N4/c1-3-14-35-30(10-1)21-25-37-42(38-26-22-31-11-2-4-15-36(31)44(38)48-43(35)37)33-13-9-12-32(28-33)29-19-23-34(24-20-29)49-41-18-6-5-16-39(41)47-45(49)40-17-7-8-27-46-40/h1-28,40,43,45-48H. The highest BCUT2D eigenvalue weighted by Gasteiger charge is 2.35. The molecule has 0 spiro atoms. The van der Waals surface area contributed by atoms with Crippen LogP contribution in [0.25, 0.3) is 33.5 Å². The van der Waals surface area contributed by atoms with Gasteiger partial charge in [0.1, 0.15) is 6.17 Å². The highest BCUT2D eigenvalue weighted by molar-refractivity contribution is 6.05. The maximum absolute atomic E-state index is 3.98. The van der Waals surface area contributed by atoms with Crippen LogP contribution in [0.3, 0.4) is 0 Å². The van der Waals surface area contributed by atoms with Gasteiger partial charge in [0.2, 0.25) is 0 Å². The van der Waals surface area contributed by atoms with Gasteiger partial charge in [-0.05, 0) is 87.0 Å². The molecule has 4 aliphatic rings. The van der Waals surface area contributed by atoms with Crippen molar-refractivity contribution in [3.63, 3.8) is 0 Å². The molecule has 3 aliphatic heterocycles. The smallest absolute Gasteiger partial charge is 0.128 e. The number of nitrogens with one attached hydrogen (secondary N) is 3. The van der Waals surface area contributed by atoms with Gasteiger partial charge in [-0.15, -0.1) is 0 Å². The van der Waals surface area contributed by atoms with Crippen molar-refractivity contribution in [2.75, 3.05) is 15.5 Å². The Morgan fingerprint density at radius 3 is 2.37 bits per heavy atom. The van der Waals surface area contributed by atoms with Gasteiger partial charge >= 0.3 is 0 Å². The number of nitrogens with zero attached hydrogens (tertiary/aromatic N) is 1. The molecule has 6 aromatic carbocycles. The number of fused-ring (bicyclic) bond motifs is 7. The first-order valence-corrected chi connectivity index (χ1v) is 17.1. The minimum absolute atomic E-state index is 0.0545. The third kappa shape index (κ3) is 4.52. The monoisotopic (exact) mass is 630 g/mol. The Labute approximate surface area is 286 Å². The van der Waals surface area contributed by atoms with Gasteiger partial charge in [0.05, 0.1) is 29.1 Å². The highest BCUT2D eigenvalue weighted by atomic mass is 15.4. The summed E-state index contributed by atoms with van der Waals surface area (Å²) in [5.41, 5.74) is 14.7. The number of allylic oxidation sites excluding steroid dienone is 2. The molecule has 49 heavy (non-hydrogen) atoms. The van der Waals surface area contributed by atoms with Gasteiger partial charge in [-0.25, -0.2) is 0 Å². The van der Waals surface area contributed by atoms with E-state index in [1.807, 2.05) is 12.3 Å². The zero-order valence-electron chi connectivity index (χ0n) is 26.8. The highest BCUT2D eigenvalue weighted by Crippen LogP contribution is 2.49. The van der Waals surface area contributed by atoms with Crippen molar-refractivity contribution in [3.8, 4) is 11.1 Å².